The van der Waals surface area contributed by atoms with Crippen LogP contribution in [0.2, 0.25) is 0 Å². The molecule has 0 N–H and O–H groups in total. The summed E-state index contributed by atoms with van der Waals surface area (Å²) in [5.74, 6) is -0.407. The first-order chi connectivity index (χ1) is 16.9. The maximum absolute atomic E-state index is 11.9. The molecule has 0 amide bonds. The number of nitrogens with zero attached hydrogens (tertiary/aromatic N) is 3. The molecule has 198 valence electrons. The molecular weight excluding hydrogens is 484 g/mol. The van der Waals surface area contributed by atoms with Crippen molar-refractivity contribution in [3.63, 3.8) is 0 Å². The summed E-state index contributed by atoms with van der Waals surface area (Å²) >= 11 is 0. The van der Waals surface area contributed by atoms with Crippen molar-refractivity contribution in [2.75, 3.05) is 6.16 Å². The number of aryl methyl sites for hydroxylation is 1. The molecule has 4 unspecified atom stereocenters. The number of carbonyl (C=O) groups excluding carboxylic acids is 1. The minimum absolute atomic E-state index is 0. The van der Waals surface area contributed by atoms with E-state index in [1.165, 1.54) is 57.6 Å². The maximum Gasteiger partial charge on any atom is 1.00 e. The molecule has 1 aromatic rings. The van der Waals surface area contributed by atoms with Gasteiger partial charge in [0.25, 0.3) is 0 Å². The van der Waals surface area contributed by atoms with Crippen LogP contribution < -0.4 is 34.7 Å². The van der Waals surface area contributed by atoms with Crippen LogP contribution in [0.25, 0.3) is 0 Å². The predicted molar refractivity (Wildman–Crippen MR) is 142 cm³/mol. The Kier molecular flexibility index (Phi) is 17.9. The number of hydrogen-bond donors (Lipinski definition) is 0. The van der Waals surface area contributed by atoms with Crippen LogP contribution >= 0.6 is 8.58 Å². The summed E-state index contributed by atoms with van der Waals surface area (Å²) < 4.78 is 1.66. The van der Waals surface area contributed by atoms with E-state index in [-0.39, 0.29) is 47.0 Å². The Morgan fingerprint density at radius 3 is 2.36 bits per heavy atom. The average molecular weight is 530 g/mol. The Hall–Kier alpha value is -0.750. The Morgan fingerprint density at radius 1 is 1.14 bits per heavy atom. The van der Waals surface area contributed by atoms with Crippen molar-refractivity contribution in [3.05, 3.63) is 34.3 Å². The molecule has 1 aliphatic heterocycles. The fourth-order valence-electron chi connectivity index (χ4n) is 5.12. The van der Waals surface area contributed by atoms with Gasteiger partial charge in [0.1, 0.15) is 6.20 Å². The fourth-order valence-corrected chi connectivity index (χ4v) is 7.14. The molecule has 0 saturated carbocycles. The topological polar surface area (TPSA) is 101 Å². The van der Waals surface area contributed by atoms with Gasteiger partial charge in [-0.05, 0) is 55.3 Å². The van der Waals surface area contributed by atoms with Crippen molar-refractivity contribution in [1.29, 1.82) is 0 Å². The molecule has 1 saturated heterocycles. The second kappa shape index (κ2) is 19.3. The molecule has 1 aromatic heterocycles. The molecule has 2 rings (SSSR count). The third kappa shape index (κ3) is 12.2. The third-order valence-electron chi connectivity index (χ3n) is 7.23. The first kappa shape index (κ1) is 33.3. The van der Waals surface area contributed by atoms with Gasteiger partial charge in [0.05, 0.1) is 6.54 Å². The monoisotopic (exact) mass is 529 g/mol. The number of carbonyl (C=O) groups is 1. The molecule has 1 aliphatic rings. The standard InChI is InChI=1S/C27H46N3O4P.Na/c1-3-4-5-6-7-8-9-10-11-12-13-14-15-16-17-24(27(31)32)25-18-23(21-35-25)20-29-22(2)28-19-26(29)30(33)34;/h10-11,19,23-25,35H,3-9,12-18,20-21H2,1-2H3,(H,31,32);/q;+1/p-1/b11-10-;. The number of aromatic nitrogens is 2. The van der Waals surface area contributed by atoms with Crippen LogP contribution in [0.5, 0.6) is 0 Å². The van der Waals surface area contributed by atoms with Gasteiger partial charge in [0.15, 0.2) is 5.82 Å². The Bertz CT molecular complexity index is 802. The Balaban J connectivity index is 0.00000648. The van der Waals surface area contributed by atoms with Crippen LogP contribution in [0.3, 0.4) is 0 Å². The predicted octanol–water partition coefficient (Wildman–Crippen LogP) is 3.18. The molecule has 4 atom stereocenters. The van der Waals surface area contributed by atoms with Crippen molar-refractivity contribution in [1.82, 2.24) is 9.55 Å². The SMILES string of the molecule is CCCCCCCC/C=C\CCCCCCC(C(=O)[O-])C1CC(Cn2c([N+](=O)[O-])cnc2C)CP1.[Na+]. The molecule has 0 bridgehead atoms. The Morgan fingerprint density at radius 2 is 1.75 bits per heavy atom. The summed E-state index contributed by atoms with van der Waals surface area (Å²) in [6.45, 7) is 4.56. The minimum atomic E-state index is -0.925. The smallest absolute Gasteiger partial charge is 0.550 e. The van der Waals surface area contributed by atoms with E-state index in [1.807, 2.05) is 0 Å². The zero-order valence-electron chi connectivity index (χ0n) is 22.8. The molecular formula is C27H45N3NaO4P. The second-order valence-corrected chi connectivity index (χ2v) is 11.7. The van der Waals surface area contributed by atoms with Gasteiger partial charge in [0.2, 0.25) is 0 Å². The summed E-state index contributed by atoms with van der Waals surface area (Å²) in [7, 11) is 0.580. The van der Waals surface area contributed by atoms with Gasteiger partial charge >= 0.3 is 35.4 Å². The van der Waals surface area contributed by atoms with E-state index in [0.29, 0.717) is 27.4 Å². The van der Waals surface area contributed by atoms with Crippen LogP contribution in [-0.2, 0) is 11.3 Å². The molecule has 0 aromatic carbocycles. The molecule has 7 nitrogen and oxygen atoms in total. The van der Waals surface area contributed by atoms with E-state index in [4.69, 9.17) is 0 Å². The zero-order valence-corrected chi connectivity index (χ0v) is 25.8. The summed E-state index contributed by atoms with van der Waals surface area (Å²) in [4.78, 5) is 26.8. The summed E-state index contributed by atoms with van der Waals surface area (Å²) in [5, 5.41) is 23.1. The van der Waals surface area contributed by atoms with Crippen LogP contribution in [0.15, 0.2) is 18.3 Å². The van der Waals surface area contributed by atoms with Crippen LogP contribution in [0.1, 0.15) is 103 Å². The first-order valence-electron chi connectivity index (χ1n) is 13.7. The molecule has 0 aliphatic carbocycles. The van der Waals surface area contributed by atoms with Crippen molar-refractivity contribution in [3.8, 4) is 0 Å². The van der Waals surface area contributed by atoms with Crippen LogP contribution in [0, 0.1) is 28.9 Å². The van der Waals surface area contributed by atoms with Crippen molar-refractivity contribution in [2.24, 2.45) is 11.8 Å². The van der Waals surface area contributed by atoms with Gasteiger partial charge in [-0.15, -0.1) is 8.58 Å². The van der Waals surface area contributed by atoms with Crippen molar-refractivity contribution >= 4 is 20.4 Å². The normalized spacial score (nSPS) is 19.1. The molecule has 0 spiro atoms. The number of carboxylic acid groups (broad SMARTS) is 1. The minimum Gasteiger partial charge on any atom is -0.550 e. The number of allylic oxidation sites excluding steroid dienone is 2. The zero-order chi connectivity index (χ0) is 25.5. The molecule has 9 heteroatoms. The number of rotatable bonds is 19. The van der Waals surface area contributed by atoms with Gasteiger partial charge in [0, 0.05) is 24.7 Å². The fraction of sp³-hybridized carbons (Fsp3) is 0.778. The summed E-state index contributed by atoms with van der Waals surface area (Å²) in [5.41, 5.74) is 0.137. The molecule has 36 heavy (non-hydrogen) atoms. The number of imidazole rings is 1. The largest absolute Gasteiger partial charge is 1.00 e. The average Bonchev–Trinajstić information content (AvgIpc) is 3.43. The van der Waals surface area contributed by atoms with E-state index in [1.54, 1.807) is 11.5 Å². The number of nitro groups is 1. The number of aliphatic carboxylic acids is 1. The van der Waals surface area contributed by atoms with E-state index in [2.05, 4.69) is 24.1 Å². The maximum atomic E-state index is 11.9. The van der Waals surface area contributed by atoms with Gasteiger partial charge in [-0.25, -0.2) is 9.55 Å². The molecule has 1 fully saturated rings. The number of unbranched alkanes of at least 4 members (excludes halogenated alkanes) is 10. The van der Waals surface area contributed by atoms with Crippen LogP contribution in [-0.4, -0.2) is 32.3 Å². The van der Waals surface area contributed by atoms with Crippen LogP contribution in [0.4, 0.5) is 5.82 Å². The number of carboxylic acids is 1. The first-order valence-corrected chi connectivity index (χ1v) is 15.0. The van der Waals surface area contributed by atoms with E-state index in [9.17, 15) is 20.0 Å². The Labute approximate surface area is 241 Å². The van der Waals surface area contributed by atoms with Gasteiger partial charge < -0.3 is 20.0 Å². The second-order valence-electron chi connectivity index (χ2n) is 10.1. The van der Waals surface area contributed by atoms with E-state index in [0.717, 1.165) is 38.3 Å². The quantitative estimate of drug-likeness (QED) is 0.0684. The van der Waals surface area contributed by atoms with Gasteiger partial charge in [-0.1, -0.05) is 70.4 Å². The summed E-state index contributed by atoms with van der Waals surface area (Å²) in [6.07, 6.45) is 23.0. The van der Waals surface area contributed by atoms with Gasteiger partial charge in [-0.2, -0.15) is 0 Å². The van der Waals surface area contributed by atoms with Gasteiger partial charge in [-0.3, -0.25) is 0 Å². The molecule has 0 radical (unpaired) electrons. The van der Waals surface area contributed by atoms with E-state index >= 15 is 0 Å². The summed E-state index contributed by atoms with van der Waals surface area (Å²) in [6, 6.07) is 0. The van der Waals surface area contributed by atoms with Crippen molar-refractivity contribution < 1.29 is 44.4 Å². The van der Waals surface area contributed by atoms with E-state index < -0.39 is 16.8 Å². The van der Waals surface area contributed by atoms with Crippen molar-refractivity contribution in [2.45, 2.75) is 116 Å². The number of hydrogen-bond acceptors (Lipinski definition) is 5. The third-order valence-corrected chi connectivity index (χ3v) is 9.21. The molecule has 2 heterocycles.